The number of thiocarbonyl (C=S) groups is 1. The van der Waals surface area contributed by atoms with Gasteiger partial charge in [0, 0.05) is 18.0 Å². The highest BCUT2D eigenvalue weighted by Crippen LogP contribution is 2.27. The molecular formula is C22H20N4O2S. The second-order valence-corrected chi connectivity index (χ2v) is 7.08. The van der Waals surface area contributed by atoms with E-state index in [-0.39, 0.29) is 5.91 Å². The fraction of sp³-hybridized carbons (Fsp3) is 0.136. The van der Waals surface area contributed by atoms with Gasteiger partial charge in [-0.2, -0.15) is 5.10 Å². The lowest BCUT2D eigenvalue weighted by Gasteiger charge is -2.16. The highest BCUT2D eigenvalue weighted by Gasteiger charge is 2.32. The van der Waals surface area contributed by atoms with Crippen LogP contribution < -0.4 is 15.0 Å². The van der Waals surface area contributed by atoms with Crippen LogP contribution in [-0.4, -0.2) is 27.9 Å². The summed E-state index contributed by atoms with van der Waals surface area (Å²) < 4.78 is 7.29. The van der Waals surface area contributed by atoms with Crippen molar-refractivity contribution in [3.63, 3.8) is 0 Å². The molecule has 29 heavy (non-hydrogen) atoms. The summed E-state index contributed by atoms with van der Waals surface area (Å²) >= 11 is 5.42. The molecule has 3 aromatic rings. The molecule has 1 N–H and O–H groups in total. The summed E-state index contributed by atoms with van der Waals surface area (Å²) in [6.45, 7) is 2.53. The molecule has 4 rings (SSSR count). The third kappa shape index (κ3) is 3.77. The minimum Gasteiger partial charge on any atom is -0.496 e. The van der Waals surface area contributed by atoms with Gasteiger partial charge in [-0.15, -0.1) is 0 Å². The van der Waals surface area contributed by atoms with Gasteiger partial charge in [0.1, 0.15) is 11.4 Å². The fourth-order valence-electron chi connectivity index (χ4n) is 3.32. The Morgan fingerprint density at radius 2 is 2.03 bits per heavy atom. The van der Waals surface area contributed by atoms with Gasteiger partial charge in [-0.3, -0.25) is 14.4 Å². The minimum absolute atomic E-state index is 0.172. The lowest BCUT2D eigenvalue weighted by Crippen LogP contribution is -2.30. The molecule has 0 spiro atoms. The van der Waals surface area contributed by atoms with Crippen molar-refractivity contribution in [2.45, 2.75) is 13.5 Å². The van der Waals surface area contributed by atoms with Crippen LogP contribution in [0.15, 0.2) is 66.6 Å². The molecule has 0 unspecified atom stereocenters. The first-order valence-electron chi connectivity index (χ1n) is 9.14. The minimum atomic E-state index is -0.172. The topological polar surface area (TPSA) is 59.4 Å². The Morgan fingerprint density at radius 1 is 1.21 bits per heavy atom. The number of nitrogens with zero attached hydrogens (tertiary/aromatic N) is 3. The maximum Gasteiger partial charge on any atom is 0.281 e. The van der Waals surface area contributed by atoms with E-state index >= 15 is 0 Å². The van der Waals surface area contributed by atoms with Gasteiger partial charge in [-0.1, -0.05) is 24.3 Å². The van der Waals surface area contributed by atoms with Crippen molar-refractivity contribution in [1.82, 2.24) is 15.1 Å². The predicted molar refractivity (Wildman–Crippen MR) is 117 cm³/mol. The Bertz CT molecular complexity index is 1110. The number of para-hydroxylation sites is 1. The maximum atomic E-state index is 13.0. The summed E-state index contributed by atoms with van der Waals surface area (Å²) in [7, 11) is 1.64. The Labute approximate surface area is 174 Å². The molecule has 1 aliphatic heterocycles. The maximum absolute atomic E-state index is 13.0. The molecule has 7 heteroatoms. The Balaban J connectivity index is 1.65. The molecule has 0 atom stereocenters. The molecule has 0 radical (unpaired) electrons. The first-order chi connectivity index (χ1) is 14.1. The normalized spacial score (nSPS) is 15.1. The molecule has 6 nitrogen and oxygen atoms in total. The third-order valence-corrected chi connectivity index (χ3v) is 5.03. The van der Waals surface area contributed by atoms with Crippen LogP contribution in [0.3, 0.4) is 0 Å². The molecular weight excluding hydrogens is 384 g/mol. The summed E-state index contributed by atoms with van der Waals surface area (Å²) in [5, 5.41) is 7.67. The molecule has 1 aromatic heterocycles. The van der Waals surface area contributed by atoms with Crippen LogP contribution in [0.4, 0.5) is 5.69 Å². The zero-order chi connectivity index (χ0) is 20.4. The number of anilines is 1. The van der Waals surface area contributed by atoms with Crippen LogP contribution in [0.1, 0.15) is 16.7 Å². The van der Waals surface area contributed by atoms with E-state index in [9.17, 15) is 4.79 Å². The fourth-order valence-corrected chi connectivity index (χ4v) is 3.61. The summed E-state index contributed by atoms with van der Waals surface area (Å²) in [5.74, 6) is 0.596. The number of carbonyl (C=O) groups excluding carboxylic acids is 1. The number of benzene rings is 2. The van der Waals surface area contributed by atoms with Crippen molar-refractivity contribution in [1.29, 1.82) is 0 Å². The molecule has 1 aliphatic rings. The second kappa shape index (κ2) is 7.89. The number of hydrogen-bond acceptors (Lipinski definition) is 4. The average molecular weight is 404 g/mol. The van der Waals surface area contributed by atoms with E-state index < -0.39 is 0 Å². The van der Waals surface area contributed by atoms with E-state index in [4.69, 9.17) is 17.0 Å². The van der Waals surface area contributed by atoms with Crippen LogP contribution in [0.2, 0.25) is 0 Å². The van der Waals surface area contributed by atoms with Gasteiger partial charge in [0.2, 0.25) is 0 Å². The van der Waals surface area contributed by atoms with Crippen molar-refractivity contribution >= 4 is 35.0 Å². The monoisotopic (exact) mass is 404 g/mol. The molecule has 0 saturated carbocycles. The number of aryl methyl sites for hydroxylation is 1. The van der Waals surface area contributed by atoms with Gasteiger partial charge in [0.05, 0.1) is 19.3 Å². The lowest BCUT2D eigenvalue weighted by atomic mass is 10.1. The Morgan fingerprint density at radius 3 is 2.76 bits per heavy atom. The van der Waals surface area contributed by atoms with Gasteiger partial charge in [0.15, 0.2) is 5.11 Å². The summed E-state index contributed by atoms with van der Waals surface area (Å²) in [5.41, 5.74) is 4.05. The molecule has 1 amide bonds. The SMILES string of the molecule is COc1ccc(/C=C2/NC(=S)N(c3ccccc3C)C2=O)cc1Cn1cccn1. The van der Waals surface area contributed by atoms with E-state index in [1.165, 1.54) is 4.90 Å². The van der Waals surface area contributed by atoms with E-state index in [0.29, 0.717) is 17.4 Å². The number of nitrogens with one attached hydrogen (secondary N) is 1. The van der Waals surface area contributed by atoms with Crippen LogP contribution in [0.5, 0.6) is 5.75 Å². The quantitative estimate of drug-likeness (QED) is 0.521. The van der Waals surface area contributed by atoms with Crippen molar-refractivity contribution in [3.05, 3.63) is 83.3 Å². The van der Waals surface area contributed by atoms with Crippen LogP contribution in [-0.2, 0) is 11.3 Å². The second-order valence-electron chi connectivity index (χ2n) is 6.69. The summed E-state index contributed by atoms with van der Waals surface area (Å²) in [4.78, 5) is 14.5. The largest absolute Gasteiger partial charge is 0.496 e. The van der Waals surface area contributed by atoms with Crippen LogP contribution >= 0.6 is 12.2 Å². The third-order valence-electron chi connectivity index (χ3n) is 4.74. The van der Waals surface area contributed by atoms with Gasteiger partial charge >= 0.3 is 0 Å². The number of hydrogen-bond donors (Lipinski definition) is 1. The van der Waals surface area contributed by atoms with Gasteiger partial charge in [0.25, 0.3) is 5.91 Å². The number of methoxy groups -OCH3 is 1. The van der Waals surface area contributed by atoms with Crippen molar-refractivity contribution < 1.29 is 9.53 Å². The van der Waals surface area contributed by atoms with Crippen molar-refractivity contribution in [3.8, 4) is 5.75 Å². The van der Waals surface area contributed by atoms with Gasteiger partial charge < -0.3 is 10.1 Å². The number of ether oxygens (including phenoxy) is 1. The standard InChI is InChI=1S/C22H20N4O2S/c1-15-6-3-4-7-19(15)26-21(27)18(24-22(26)29)13-16-8-9-20(28-2)17(12-16)14-25-11-5-10-23-25/h3-13H,14H2,1-2H3,(H,24,29)/b18-13+. The highest BCUT2D eigenvalue weighted by atomic mass is 32.1. The zero-order valence-electron chi connectivity index (χ0n) is 16.1. The van der Waals surface area contributed by atoms with Crippen molar-refractivity contribution in [2.24, 2.45) is 0 Å². The molecule has 1 saturated heterocycles. The molecule has 2 aromatic carbocycles. The van der Waals surface area contributed by atoms with E-state index in [2.05, 4.69) is 10.4 Å². The smallest absolute Gasteiger partial charge is 0.281 e. The van der Waals surface area contributed by atoms with E-state index in [1.54, 1.807) is 19.4 Å². The van der Waals surface area contributed by atoms with Gasteiger partial charge in [-0.25, -0.2) is 0 Å². The molecule has 0 aliphatic carbocycles. The molecule has 146 valence electrons. The first-order valence-corrected chi connectivity index (χ1v) is 9.55. The number of amides is 1. The number of aromatic nitrogens is 2. The molecule has 0 bridgehead atoms. The van der Waals surface area contributed by atoms with Crippen LogP contribution in [0, 0.1) is 6.92 Å². The van der Waals surface area contributed by atoms with Crippen molar-refractivity contribution in [2.75, 3.05) is 12.0 Å². The zero-order valence-corrected chi connectivity index (χ0v) is 16.9. The van der Waals surface area contributed by atoms with Crippen LogP contribution in [0.25, 0.3) is 6.08 Å². The predicted octanol–water partition coefficient (Wildman–Crippen LogP) is 3.51. The Kier molecular flexibility index (Phi) is 5.14. The molecule has 2 heterocycles. The summed E-state index contributed by atoms with van der Waals surface area (Å²) in [6, 6.07) is 15.3. The number of carbonyl (C=O) groups is 1. The Hall–Kier alpha value is -3.45. The van der Waals surface area contributed by atoms with E-state index in [0.717, 1.165) is 28.1 Å². The summed E-state index contributed by atoms with van der Waals surface area (Å²) in [6.07, 6.45) is 5.44. The van der Waals surface area contributed by atoms with Gasteiger partial charge in [-0.05, 0) is 60.6 Å². The average Bonchev–Trinajstić information content (AvgIpc) is 3.31. The van der Waals surface area contributed by atoms with E-state index in [1.807, 2.05) is 66.3 Å². The lowest BCUT2D eigenvalue weighted by molar-refractivity contribution is -0.113. The number of rotatable bonds is 5. The highest BCUT2D eigenvalue weighted by molar-refractivity contribution is 7.80. The first kappa shape index (κ1) is 18.9. The molecule has 1 fully saturated rings.